The number of hydrogen-bond donors (Lipinski definition) is 0. The van der Waals surface area contributed by atoms with E-state index in [-0.39, 0.29) is 0 Å². The van der Waals surface area contributed by atoms with Gasteiger partial charge in [0.05, 0.1) is 0 Å². The Kier molecular flexibility index (Phi) is 2.39. The van der Waals surface area contributed by atoms with Crippen molar-refractivity contribution in [2.75, 3.05) is 0 Å². The van der Waals surface area contributed by atoms with E-state index < -0.39 is 0 Å². The van der Waals surface area contributed by atoms with E-state index in [1.54, 1.807) is 0 Å². The summed E-state index contributed by atoms with van der Waals surface area (Å²) in [6, 6.07) is 2.57. The van der Waals surface area contributed by atoms with Gasteiger partial charge in [-0.3, -0.25) is 4.90 Å². The molecular formula is C12H23N. The summed E-state index contributed by atoms with van der Waals surface area (Å²) in [7, 11) is 0. The molecule has 1 nitrogen and oxygen atoms in total. The highest BCUT2D eigenvalue weighted by Crippen LogP contribution is 2.45. The standard InChI is InChI=1S/C12H23N/c1-8(2)12-10-5-6-11(7-10)13(12)9(3)4/h8-12H,5-7H2,1-4H3/t10-,11?,12?/m0/s1. The van der Waals surface area contributed by atoms with Gasteiger partial charge in [-0.05, 0) is 44.9 Å². The summed E-state index contributed by atoms with van der Waals surface area (Å²) in [6.45, 7) is 9.49. The largest absolute Gasteiger partial charge is 0.295 e. The second-order valence-electron chi connectivity index (χ2n) is 5.50. The summed E-state index contributed by atoms with van der Waals surface area (Å²) in [5, 5.41) is 0. The molecule has 0 aromatic carbocycles. The van der Waals surface area contributed by atoms with Crippen LogP contribution in [-0.4, -0.2) is 23.0 Å². The second-order valence-corrected chi connectivity index (χ2v) is 5.50. The van der Waals surface area contributed by atoms with E-state index in [0.29, 0.717) is 0 Å². The SMILES string of the molecule is CC(C)C1[C@H]2CCC(C2)N1C(C)C. The third-order valence-corrected chi connectivity index (χ3v) is 3.97. The molecule has 2 fully saturated rings. The molecular weight excluding hydrogens is 158 g/mol. The Labute approximate surface area is 82.5 Å². The Balaban J connectivity index is 2.15. The maximum atomic E-state index is 2.79. The van der Waals surface area contributed by atoms with Crippen LogP contribution in [0.25, 0.3) is 0 Å². The molecule has 2 unspecified atom stereocenters. The van der Waals surface area contributed by atoms with Gasteiger partial charge in [-0.2, -0.15) is 0 Å². The highest BCUT2D eigenvalue weighted by atomic mass is 15.3. The Morgan fingerprint density at radius 1 is 1.08 bits per heavy atom. The molecule has 1 heterocycles. The van der Waals surface area contributed by atoms with Crippen LogP contribution in [0.2, 0.25) is 0 Å². The normalized spacial score (nSPS) is 39.7. The highest BCUT2D eigenvalue weighted by molar-refractivity contribution is 5.01. The molecule has 1 saturated carbocycles. The van der Waals surface area contributed by atoms with Crippen molar-refractivity contribution in [1.82, 2.24) is 4.90 Å². The first kappa shape index (κ1) is 9.51. The van der Waals surface area contributed by atoms with Crippen LogP contribution in [0, 0.1) is 11.8 Å². The van der Waals surface area contributed by atoms with Crippen LogP contribution in [0.3, 0.4) is 0 Å². The lowest BCUT2D eigenvalue weighted by Gasteiger charge is -2.40. The van der Waals surface area contributed by atoms with Crippen molar-refractivity contribution < 1.29 is 0 Å². The van der Waals surface area contributed by atoms with E-state index in [9.17, 15) is 0 Å². The number of hydrogen-bond acceptors (Lipinski definition) is 1. The number of rotatable bonds is 2. The second kappa shape index (κ2) is 3.27. The third kappa shape index (κ3) is 1.41. The highest BCUT2D eigenvalue weighted by Gasteiger charge is 2.47. The number of nitrogens with zero attached hydrogens (tertiary/aromatic N) is 1. The van der Waals surface area contributed by atoms with Gasteiger partial charge in [0.25, 0.3) is 0 Å². The molecule has 1 heteroatoms. The monoisotopic (exact) mass is 181 g/mol. The van der Waals surface area contributed by atoms with Crippen molar-refractivity contribution in [3.8, 4) is 0 Å². The Morgan fingerprint density at radius 2 is 1.77 bits per heavy atom. The van der Waals surface area contributed by atoms with Crippen molar-refractivity contribution >= 4 is 0 Å². The maximum absolute atomic E-state index is 2.79. The molecule has 2 bridgehead atoms. The zero-order valence-electron chi connectivity index (χ0n) is 9.46. The summed E-state index contributed by atoms with van der Waals surface area (Å²) < 4.78 is 0. The molecule has 1 saturated heterocycles. The van der Waals surface area contributed by atoms with Crippen LogP contribution in [0.15, 0.2) is 0 Å². The molecule has 0 N–H and O–H groups in total. The van der Waals surface area contributed by atoms with Gasteiger partial charge in [0.2, 0.25) is 0 Å². The van der Waals surface area contributed by atoms with Gasteiger partial charge in [0.15, 0.2) is 0 Å². The Bertz CT molecular complexity index is 166. The Morgan fingerprint density at radius 3 is 2.23 bits per heavy atom. The van der Waals surface area contributed by atoms with Crippen LogP contribution in [0.1, 0.15) is 47.0 Å². The molecule has 2 rings (SSSR count). The minimum absolute atomic E-state index is 0.752. The lowest BCUT2D eigenvalue weighted by atomic mass is 9.89. The summed E-state index contributed by atoms with van der Waals surface area (Å²) >= 11 is 0. The summed E-state index contributed by atoms with van der Waals surface area (Å²) in [4.78, 5) is 2.79. The maximum Gasteiger partial charge on any atom is 0.0153 e. The molecule has 76 valence electrons. The Hall–Kier alpha value is -0.0400. The summed E-state index contributed by atoms with van der Waals surface area (Å²) in [5.41, 5.74) is 0. The summed E-state index contributed by atoms with van der Waals surface area (Å²) in [6.07, 6.45) is 4.45. The zero-order chi connectivity index (χ0) is 9.59. The molecule has 0 aromatic rings. The average Bonchev–Trinajstić information content (AvgIpc) is 2.60. The first-order valence-corrected chi connectivity index (χ1v) is 5.88. The van der Waals surface area contributed by atoms with Gasteiger partial charge in [-0.1, -0.05) is 13.8 Å². The predicted octanol–water partition coefficient (Wildman–Crippen LogP) is 2.90. The molecule has 0 spiro atoms. The number of fused-ring (bicyclic) bond motifs is 2. The number of likely N-dealkylation sites (tertiary alicyclic amines) is 1. The third-order valence-electron chi connectivity index (χ3n) is 3.97. The smallest absolute Gasteiger partial charge is 0.0153 e. The van der Waals surface area contributed by atoms with E-state index in [1.807, 2.05) is 0 Å². The molecule has 1 aliphatic heterocycles. The number of piperidine rings is 1. The van der Waals surface area contributed by atoms with Crippen molar-refractivity contribution in [2.45, 2.75) is 65.1 Å². The van der Waals surface area contributed by atoms with Gasteiger partial charge < -0.3 is 0 Å². The first-order valence-electron chi connectivity index (χ1n) is 5.88. The molecule has 13 heavy (non-hydrogen) atoms. The fraction of sp³-hybridized carbons (Fsp3) is 1.00. The molecule has 1 aliphatic carbocycles. The minimum Gasteiger partial charge on any atom is -0.295 e. The average molecular weight is 181 g/mol. The minimum atomic E-state index is 0.752. The summed E-state index contributed by atoms with van der Waals surface area (Å²) in [5.74, 6) is 1.87. The molecule has 3 atom stereocenters. The fourth-order valence-electron chi connectivity index (χ4n) is 3.71. The molecule has 0 aromatic heterocycles. The lowest BCUT2D eigenvalue weighted by Crippen LogP contribution is -2.47. The molecule has 0 radical (unpaired) electrons. The predicted molar refractivity (Wildman–Crippen MR) is 56.7 cm³/mol. The fourth-order valence-corrected chi connectivity index (χ4v) is 3.71. The van der Waals surface area contributed by atoms with Crippen molar-refractivity contribution in [1.29, 1.82) is 0 Å². The van der Waals surface area contributed by atoms with Crippen molar-refractivity contribution in [2.24, 2.45) is 11.8 Å². The van der Waals surface area contributed by atoms with E-state index in [1.165, 1.54) is 19.3 Å². The van der Waals surface area contributed by atoms with E-state index in [0.717, 1.165) is 30.0 Å². The van der Waals surface area contributed by atoms with Gasteiger partial charge in [-0.25, -0.2) is 0 Å². The zero-order valence-corrected chi connectivity index (χ0v) is 9.46. The van der Waals surface area contributed by atoms with Gasteiger partial charge in [0.1, 0.15) is 0 Å². The van der Waals surface area contributed by atoms with Gasteiger partial charge in [-0.15, -0.1) is 0 Å². The van der Waals surface area contributed by atoms with E-state index in [4.69, 9.17) is 0 Å². The van der Waals surface area contributed by atoms with Crippen LogP contribution in [-0.2, 0) is 0 Å². The van der Waals surface area contributed by atoms with E-state index >= 15 is 0 Å². The topological polar surface area (TPSA) is 3.24 Å². The lowest BCUT2D eigenvalue weighted by molar-refractivity contribution is 0.0732. The van der Waals surface area contributed by atoms with E-state index in [2.05, 4.69) is 32.6 Å². The van der Waals surface area contributed by atoms with Crippen LogP contribution < -0.4 is 0 Å². The first-order chi connectivity index (χ1) is 6.11. The quantitative estimate of drug-likeness (QED) is 0.633. The van der Waals surface area contributed by atoms with Crippen LogP contribution in [0.4, 0.5) is 0 Å². The molecule has 2 aliphatic rings. The van der Waals surface area contributed by atoms with Crippen LogP contribution in [0.5, 0.6) is 0 Å². The van der Waals surface area contributed by atoms with Crippen molar-refractivity contribution in [3.63, 3.8) is 0 Å². The van der Waals surface area contributed by atoms with Gasteiger partial charge >= 0.3 is 0 Å². The molecule has 0 amide bonds. The van der Waals surface area contributed by atoms with Crippen molar-refractivity contribution in [3.05, 3.63) is 0 Å². The van der Waals surface area contributed by atoms with Gasteiger partial charge in [0, 0.05) is 18.1 Å². The van der Waals surface area contributed by atoms with Crippen LogP contribution >= 0.6 is 0 Å².